The predicted molar refractivity (Wildman–Crippen MR) is 104 cm³/mol. The molecule has 0 atom stereocenters. The number of hydrogen-bond donors (Lipinski definition) is 3. The lowest BCUT2D eigenvalue weighted by atomic mass is 10.0. The van der Waals surface area contributed by atoms with Crippen LogP contribution < -0.4 is 11.1 Å². The molecule has 5 heteroatoms. The summed E-state index contributed by atoms with van der Waals surface area (Å²) in [5, 5.41) is 14.1. The van der Waals surface area contributed by atoms with Gasteiger partial charge in [0.2, 0.25) is 0 Å². The quantitative estimate of drug-likeness (QED) is 0.517. The molecule has 0 unspecified atom stereocenters. The van der Waals surface area contributed by atoms with Gasteiger partial charge in [-0.3, -0.25) is 4.98 Å². The standard InChI is InChI=1S/C21H17N5/c22-10-14-3-1-4-15(9-14)18-13-24-12-16(11-23)21(18)26-20-6-2-5-19-17(20)7-8-25-19/h1-9,12-13,25H,10,22H2,(H,24,26). The van der Waals surface area contributed by atoms with Crippen molar-refractivity contribution in [2.75, 3.05) is 5.32 Å². The second kappa shape index (κ2) is 6.71. The summed E-state index contributed by atoms with van der Waals surface area (Å²) in [4.78, 5) is 7.45. The van der Waals surface area contributed by atoms with E-state index in [1.807, 2.05) is 54.7 Å². The van der Waals surface area contributed by atoms with Crippen LogP contribution in [0.1, 0.15) is 11.1 Å². The summed E-state index contributed by atoms with van der Waals surface area (Å²) in [5.74, 6) is 0. The fourth-order valence-electron chi connectivity index (χ4n) is 3.09. The predicted octanol–water partition coefficient (Wildman–Crippen LogP) is 4.30. The highest BCUT2D eigenvalue weighted by atomic mass is 14.9. The molecule has 4 aromatic rings. The molecular weight excluding hydrogens is 322 g/mol. The minimum atomic E-state index is 0.463. The first-order chi connectivity index (χ1) is 12.8. The molecule has 0 saturated heterocycles. The molecule has 0 aliphatic rings. The van der Waals surface area contributed by atoms with Crippen LogP contribution in [0.25, 0.3) is 22.0 Å². The van der Waals surface area contributed by atoms with Crippen LogP contribution in [-0.4, -0.2) is 9.97 Å². The van der Waals surface area contributed by atoms with Crippen molar-refractivity contribution in [3.8, 4) is 17.2 Å². The maximum absolute atomic E-state index is 9.59. The number of nitriles is 1. The van der Waals surface area contributed by atoms with E-state index in [2.05, 4.69) is 21.4 Å². The first-order valence-electron chi connectivity index (χ1n) is 8.31. The van der Waals surface area contributed by atoms with Crippen LogP contribution in [0.4, 0.5) is 11.4 Å². The molecule has 2 heterocycles. The molecule has 26 heavy (non-hydrogen) atoms. The van der Waals surface area contributed by atoms with Gasteiger partial charge in [-0.15, -0.1) is 0 Å². The molecule has 0 radical (unpaired) electrons. The number of nitrogens with two attached hydrogens (primary N) is 1. The number of nitrogens with one attached hydrogen (secondary N) is 2. The van der Waals surface area contributed by atoms with Gasteiger partial charge in [0.05, 0.1) is 11.3 Å². The third kappa shape index (κ3) is 2.79. The monoisotopic (exact) mass is 339 g/mol. The molecule has 2 aromatic heterocycles. The largest absolute Gasteiger partial charge is 0.361 e. The van der Waals surface area contributed by atoms with E-state index in [4.69, 9.17) is 5.73 Å². The molecule has 0 aliphatic carbocycles. The number of benzene rings is 2. The summed E-state index contributed by atoms with van der Waals surface area (Å²) in [7, 11) is 0. The highest BCUT2D eigenvalue weighted by Gasteiger charge is 2.13. The summed E-state index contributed by atoms with van der Waals surface area (Å²) in [6.07, 6.45) is 5.26. The Kier molecular flexibility index (Phi) is 4.10. The minimum Gasteiger partial charge on any atom is -0.361 e. The second-order valence-electron chi connectivity index (χ2n) is 6.00. The molecular formula is C21H17N5. The van der Waals surface area contributed by atoms with E-state index in [-0.39, 0.29) is 0 Å². The maximum Gasteiger partial charge on any atom is 0.103 e. The number of nitrogens with zero attached hydrogens (tertiary/aromatic N) is 2. The van der Waals surface area contributed by atoms with Gasteiger partial charge in [-0.1, -0.05) is 24.3 Å². The molecule has 0 fully saturated rings. The molecule has 126 valence electrons. The molecule has 0 bridgehead atoms. The minimum absolute atomic E-state index is 0.463. The van der Waals surface area contributed by atoms with Crippen LogP contribution in [0.2, 0.25) is 0 Å². The summed E-state index contributed by atoms with van der Waals surface area (Å²) < 4.78 is 0. The number of pyridine rings is 1. The Morgan fingerprint density at radius 3 is 2.85 bits per heavy atom. The third-order valence-corrected chi connectivity index (χ3v) is 4.39. The molecule has 0 saturated carbocycles. The molecule has 0 spiro atoms. The number of anilines is 2. The van der Waals surface area contributed by atoms with Crippen molar-refractivity contribution in [3.05, 3.63) is 78.2 Å². The first-order valence-corrected chi connectivity index (χ1v) is 8.31. The summed E-state index contributed by atoms with van der Waals surface area (Å²) >= 11 is 0. The van der Waals surface area contributed by atoms with Crippen LogP contribution in [-0.2, 0) is 6.54 Å². The normalized spacial score (nSPS) is 10.6. The number of aromatic nitrogens is 2. The zero-order valence-electron chi connectivity index (χ0n) is 14.0. The van der Waals surface area contributed by atoms with Crippen molar-refractivity contribution in [2.45, 2.75) is 6.54 Å². The van der Waals surface area contributed by atoms with Crippen molar-refractivity contribution in [1.29, 1.82) is 5.26 Å². The zero-order chi connectivity index (χ0) is 17.9. The Hall–Kier alpha value is -3.62. The lowest BCUT2D eigenvalue weighted by molar-refractivity contribution is 1.07. The van der Waals surface area contributed by atoms with Gasteiger partial charge in [0.1, 0.15) is 6.07 Å². The molecule has 5 nitrogen and oxygen atoms in total. The molecule has 0 amide bonds. The molecule has 2 aromatic carbocycles. The second-order valence-corrected chi connectivity index (χ2v) is 6.00. The third-order valence-electron chi connectivity index (χ3n) is 4.39. The van der Waals surface area contributed by atoms with Gasteiger partial charge in [-0.05, 0) is 35.4 Å². The van der Waals surface area contributed by atoms with Crippen LogP contribution >= 0.6 is 0 Å². The van der Waals surface area contributed by atoms with E-state index in [9.17, 15) is 5.26 Å². The molecule has 0 aliphatic heterocycles. The van der Waals surface area contributed by atoms with E-state index < -0.39 is 0 Å². The lowest BCUT2D eigenvalue weighted by Gasteiger charge is -2.15. The van der Waals surface area contributed by atoms with Crippen molar-refractivity contribution >= 4 is 22.3 Å². The average molecular weight is 339 g/mol. The van der Waals surface area contributed by atoms with Crippen molar-refractivity contribution in [1.82, 2.24) is 9.97 Å². The summed E-state index contributed by atoms with van der Waals surface area (Å²) in [5.41, 5.74) is 11.9. The summed E-state index contributed by atoms with van der Waals surface area (Å²) in [6, 6.07) is 18.2. The van der Waals surface area contributed by atoms with Crippen molar-refractivity contribution in [2.24, 2.45) is 5.73 Å². The van der Waals surface area contributed by atoms with E-state index in [1.54, 1.807) is 12.4 Å². The fourth-order valence-corrected chi connectivity index (χ4v) is 3.09. The Labute approximate surface area is 151 Å². The average Bonchev–Trinajstić information content (AvgIpc) is 3.18. The van der Waals surface area contributed by atoms with Gasteiger partial charge < -0.3 is 16.0 Å². The van der Waals surface area contributed by atoms with Gasteiger partial charge in [0.15, 0.2) is 0 Å². The lowest BCUT2D eigenvalue weighted by Crippen LogP contribution is -2.00. The van der Waals surface area contributed by atoms with Crippen LogP contribution in [0.15, 0.2) is 67.1 Å². The topological polar surface area (TPSA) is 90.5 Å². The SMILES string of the molecule is N#Cc1cncc(-c2cccc(CN)c2)c1Nc1cccc2[nH]ccc12. The molecule has 4 rings (SSSR count). The van der Waals surface area contributed by atoms with Gasteiger partial charge in [-0.25, -0.2) is 0 Å². The Bertz CT molecular complexity index is 1120. The van der Waals surface area contributed by atoms with Gasteiger partial charge in [0, 0.05) is 47.3 Å². The Morgan fingerprint density at radius 1 is 1.12 bits per heavy atom. The van der Waals surface area contributed by atoms with Crippen LogP contribution in [0, 0.1) is 11.3 Å². The molecule has 4 N–H and O–H groups in total. The smallest absolute Gasteiger partial charge is 0.103 e. The highest BCUT2D eigenvalue weighted by Crippen LogP contribution is 2.34. The Balaban J connectivity index is 1.87. The van der Waals surface area contributed by atoms with Crippen molar-refractivity contribution < 1.29 is 0 Å². The fraction of sp³-hybridized carbons (Fsp3) is 0.0476. The van der Waals surface area contributed by atoms with Gasteiger partial charge >= 0.3 is 0 Å². The number of H-pyrrole nitrogens is 1. The number of fused-ring (bicyclic) bond motifs is 1. The van der Waals surface area contributed by atoms with Crippen molar-refractivity contribution in [3.63, 3.8) is 0 Å². The Morgan fingerprint density at radius 2 is 2.00 bits per heavy atom. The van der Waals surface area contributed by atoms with E-state index in [0.717, 1.165) is 39.0 Å². The summed E-state index contributed by atoms with van der Waals surface area (Å²) in [6.45, 7) is 0.463. The number of hydrogen-bond acceptors (Lipinski definition) is 4. The number of rotatable bonds is 4. The maximum atomic E-state index is 9.59. The van der Waals surface area contributed by atoms with Gasteiger partial charge in [0.25, 0.3) is 0 Å². The van der Waals surface area contributed by atoms with Crippen LogP contribution in [0.5, 0.6) is 0 Å². The van der Waals surface area contributed by atoms with E-state index >= 15 is 0 Å². The zero-order valence-corrected chi connectivity index (χ0v) is 14.0. The highest BCUT2D eigenvalue weighted by molar-refractivity contribution is 5.96. The first kappa shape index (κ1) is 15.9. The van der Waals surface area contributed by atoms with Crippen LogP contribution in [0.3, 0.4) is 0 Å². The number of aromatic amines is 1. The van der Waals surface area contributed by atoms with E-state index in [0.29, 0.717) is 12.1 Å². The van der Waals surface area contributed by atoms with E-state index in [1.165, 1.54) is 0 Å². The van der Waals surface area contributed by atoms with Gasteiger partial charge in [-0.2, -0.15) is 5.26 Å².